The van der Waals surface area contributed by atoms with E-state index in [9.17, 15) is 4.79 Å². The summed E-state index contributed by atoms with van der Waals surface area (Å²) < 4.78 is 4.91. The molecule has 1 N–H and O–H groups in total. The molecule has 0 saturated heterocycles. The number of carbonyl (C=O) groups excluding carboxylic acids is 1. The Bertz CT molecular complexity index is 192. The lowest BCUT2D eigenvalue weighted by Crippen LogP contribution is -2.36. The minimum Gasteiger partial charge on any atom is -0.466 e. The Morgan fingerprint density at radius 1 is 1.12 bits per heavy atom. The van der Waals surface area contributed by atoms with Crippen LogP contribution in [0.3, 0.4) is 0 Å². The number of hydrogen-bond acceptors (Lipinski definition) is 3. The molecule has 96 valence electrons. The molecule has 16 heavy (non-hydrogen) atoms. The second-order valence-corrected chi connectivity index (χ2v) is 4.95. The molecule has 0 bridgehead atoms. The highest BCUT2D eigenvalue weighted by molar-refractivity contribution is 5.69. The maximum Gasteiger partial charge on any atom is 0.307 e. The molecular formula is C13H27NO2. The Kier molecular flexibility index (Phi) is 8.26. The highest BCUT2D eigenvalue weighted by Gasteiger charge is 2.12. The summed E-state index contributed by atoms with van der Waals surface area (Å²) in [6.07, 6.45) is 2.84. The van der Waals surface area contributed by atoms with Crippen LogP contribution in [-0.2, 0) is 9.53 Å². The van der Waals surface area contributed by atoms with Crippen LogP contribution in [0.1, 0.15) is 53.9 Å². The molecule has 0 aliphatic carbocycles. The number of rotatable bonds is 8. The number of hydrogen-bond donors (Lipinski definition) is 1. The van der Waals surface area contributed by atoms with Gasteiger partial charge in [-0.05, 0) is 39.5 Å². The van der Waals surface area contributed by atoms with Crippen LogP contribution in [0, 0.1) is 5.92 Å². The topological polar surface area (TPSA) is 38.3 Å². The molecule has 2 unspecified atom stereocenters. The first-order valence-corrected chi connectivity index (χ1v) is 6.37. The second-order valence-electron chi connectivity index (χ2n) is 4.95. The number of ether oxygens (including phenoxy) is 1. The number of nitrogens with one attached hydrogen (secondary N) is 1. The first-order valence-electron chi connectivity index (χ1n) is 6.37. The quantitative estimate of drug-likeness (QED) is 0.650. The SMILES string of the molecule is CCOC(=O)CC(C)NC(C)CCC(C)C. The van der Waals surface area contributed by atoms with Crippen LogP contribution in [0.4, 0.5) is 0 Å². The van der Waals surface area contributed by atoms with Crippen molar-refractivity contribution in [2.24, 2.45) is 5.92 Å². The van der Waals surface area contributed by atoms with E-state index < -0.39 is 0 Å². The van der Waals surface area contributed by atoms with Crippen molar-refractivity contribution in [3.8, 4) is 0 Å². The highest BCUT2D eigenvalue weighted by Crippen LogP contribution is 2.07. The van der Waals surface area contributed by atoms with Crippen LogP contribution in [0.2, 0.25) is 0 Å². The van der Waals surface area contributed by atoms with Crippen LogP contribution in [0.5, 0.6) is 0 Å². The van der Waals surface area contributed by atoms with E-state index in [2.05, 4.69) is 26.1 Å². The molecule has 3 nitrogen and oxygen atoms in total. The summed E-state index contributed by atoms with van der Waals surface area (Å²) >= 11 is 0. The van der Waals surface area contributed by atoms with E-state index >= 15 is 0 Å². The van der Waals surface area contributed by atoms with Crippen LogP contribution in [-0.4, -0.2) is 24.7 Å². The minimum atomic E-state index is -0.112. The van der Waals surface area contributed by atoms with Gasteiger partial charge in [-0.3, -0.25) is 4.79 Å². The van der Waals surface area contributed by atoms with Gasteiger partial charge >= 0.3 is 5.97 Å². The predicted molar refractivity (Wildman–Crippen MR) is 67.4 cm³/mol. The van der Waals surface area contributed by atoms with Gasteiger partial charge in [-0.25, -0.2) is 0 Å². The van der Waals surface area contributed by atoms with Crippen molar-refractivity contribution in [2.75, 3.05) is 6.61 Å². The summed E-state index contributed by atoms with van der Waals surface area (Å²) in [5, 5.41) is 3.42. The fraction of sp³-hybridized carbons (Fsp3) is 0.923. The van der Waals surface area contributed by atoms with E-state index in [4.69, 9.17) is 4.74 Å². The summed E-state index contributed by atoms with van der Waals surface area (Å²) in [7, 11) is 0. The zero-order valence-corrected chi connectivity index (χ0v) is 11.4. The minimum absolute atomic E-state index is 0.112. The predicted octanol–water partition coefficient (Wildman–Crippen LogP) is 2.74. The van der Waals surface area contributed by atoms with Crippen molar-refractivity contribution in [3.05, 3.63) is 0 Å². The molecule has 0 heterocycles. The summed E-state index contributed by atoms with van der Waals surface area (Å²) in [6, 6.07) is 0.660. The van der Waals surface area contributed by atoms with Gasteiger partial charge in [-0.15, -0.1) is 0 Å². The van der Waals surface area contributed by atoms with Gasteiger partial charge in [0.1, 0.15) is 0 Å². The van der Waals surface area contributed by atoms with Gasteiger partial charge in [0.25, 0.3) is 0 Å². The van der Waals surface area contributed by atoms with Gasteiger partial charge in [0.2, 0.25) is 0 Å². The molecule has 0 fully saturated rings. The Hall–Kier alpha value is -0.570. The fourth-order valence-electron chi connectivity index (χ4n) is 1.68. The van der Waals surface area contributed by atoms with Crippen molar-refractivity contribution >= 4 is 5.97 Å². The van der Waals surface area contributed by atoms with Crippen molar-refractivity contribution in [2.45, 2.75) is 66.0 Å². The lowest BCUT2D eigenvalue weighted by atomic mass is 10.0. The maximum atomic E-state index is 11.2. The zero-order chi connectivity index (χ0) is 12.6. The van der Waals surface area contributed by atoms with Gasteiger partial charge in [0.05, 0.1) is 13.0 Å². The molecular weight excluding hydrogens is 202 g/mol. The second kappa shape index (κ2) is 8.57. The summed E-state index contributed by atoms with van der Waals surface area (Å²) in [6.45, 7) is 11.0. The molecule has 0 aromatic heterocycles. The first kappa shape index (κ1) is 15.4. The fourth-order valence-corrected chi connectivity index (χ4v) is 1.68. The van der Waals surface area contributed by atoms with Crippen molar-refractivity contribution in [3.63, 3.8) is 0 Å². The normalized spacial score (nSPS) is 14.9. The Balaban J connectivity index is 3.68. The highest BCUT2D eigenvalue weighted by atomic mass is 16.5. The molecule has 3 heteroatoms. The van der Waals surface area contributed by atoms with Crippen LogP contribution < -0.4 is 5.32 Å². The van der Waals surface area contributed by atoms with Gasteiger partial charge in [-0.1, -0.05) is 13.8 Å². The van der Waals surface area contributed by atoms with Crippen LogP contribution >= 0.6 is 0 Å². The van der Waals surface area contributed by atoms with Gasteiger partial charge < -0.3 is 10.1 Å². The molecule has 0 spiro atoms. The van der Waals surface area contributed by atoms with E-state index in [1.54, 1.807) is 0 Å². The van der Waals surface area contributed by atoms with Crippen molar-refractivity contribution in [1.82, 2.24) is 5.32 Å². The molecule has 0 rings (SSSR count). The van der Waals surface area contributed by atoms with E-state index in [-0.39, 0.29) is 12.0 Å². The van der Waals surface area contributed by atoms with E-state index in [0.29, 0.717) is 19.1 Å². The van der Waals surface area contributed by atoms with Crippen molar-refractivity contribution < 1.29 is 9.53 Å². The Morgan fingerprint density at radius 2 is 1.75 bits per heavy atom. The third-order valence-corrected chi connectivity index (χ3v) is 2.52. The molecule has 0 aromatic rings. The lowest BCUT2D eigenvalue weighted by molar-refractivity contribution is -0.143. The molecule has 2 atom stereocenters. The van der Waals surface area contributed by atoms with E-state index in [1.165, 1.54) is 6.42 Å². The lowest BCUT2D eigenvalue weighted by Gasteiger charge is -2.20. The average Bonchev–Trinajstić information content (AvgIpc) is 2.14. The molecule has 0 aliphatic rings. The number of esters is 1. The smallest absolute Gasteiger partial charge is 0.307 e. The van der Waals surface area contributed by atoms with Gasteiger partial charge in [0, 0.05) is 12.1 Å². The Labute approximate surface area is 99.9 Å². The molecule has 0 radical (unpaired) electrons. The zero-order valence-electron chi connectivity index (χ0n) is 11.4. The largest absolute Gasteiger partial charge is 0.466 e. The monoisotopic (exact) mass is 229 g/mol. The van der Waals surface area contributed by atoms with E-state index in [1.807, 2.05) is 13.8 Å². The van der Waals surface area contributed by atoms with E-state index in [0.717, 1.165) is 12.3 Å². The van der Waals surface area contributed by atoms with Gasteiger partial charge in [0.15, 0.2) is 0 Å². The summed E-state index contributed by atoms with van der Waals surface area (Å²) in [5.74, 6) is 0.628. The molecule has 0 amide bonds. The van der Waals surface area contributed by atoms with Crippen LogP contribution in [0.25, 0.3) is 0 Å². The summed E-state index contributed by atoms with van der Waals surface area (Å²) in [4.78, 5) is 11.2. The maximum absolute atomic E-state index is 11.2. The van der Waals surface area contributed by atoms with Crippen molar-refractivity contribution in [1.29, 1.82) is 0 Å². The number of carbonyl (C=O) groups is 1. The molecule has 0 saturated carbocycles. The summed E-state index contributed by atoms with van der Waals surface area (Å²) in [5.41, 5.74) is 0. The Morgan fingerprint density at radius 3 is 2.25 bits per heavy atom. The average molecular weight is 229 g/mol. The van der Waals surface area contributed by atoms with Crippen LogP contribution in [0.15, 0.2) is 0 Å². The first-order chi connectivity index (χ1) is 7.45. The third kappa shape index (κ3) is 8.72. The van der Waals surface area contributed by atoms with Gasteiger partial charge in [-0.2, -0.15) is 0 Å². The molecule has 0 aromatic carbocycles. The standard InChI is InChI=1S/C13H27NO2/c1-6-16-13(15)9-12(5)14-11(4)8-7-10(2)3/h10-12,14H,6-9H2,1-5H3. The third-order valence-electron chi connectivity index (χ3n) is 2.52. The molecule has 0 aliphatic heterocycles.